The molecule has 1 saturated carbocycles. The highest BCUT2D eigenvalue weighted by atomic mass is 16.5. The molecular weight excluding hydrogens is 228 g/mol. The summed E-state index contributed by atoms with van der Waals surface area (Å²) in [6.45, 7) is 0. The van der Waals surface area contributed by atoms with Crippen LogP contribution in [0.25, 0.3) is 10.9 Å². The second-order valence-electron chi connectivity index (χ2n) is 4.76. The summed E-state index contributed by atoms with van der Waals surface area (Å²) < 4.78 is 6.87. The van der Waals surface area contributed by atoms with Crippen molar-refractivity contribution in [2.24, 2.45) is 0 Å². The molecule has 0 saturated heterocycles. The van der Waals surface area contributed by atoms with E-state index in [1.165, 1.54) is 32.8 Å². The number of aromatic nitrogens is 2. The average Bonchev–Trinajstić information content (AvgIpc) is 3.05. The normalized spacial score (nSPS) is 16.3. The summed E-state index contributed by atoms with van der Waals surface area (Å²) in [5, 5.41) is 5.35. The van der Waals surface area contributed by atoms with Crippen molar-refractivity contribution in [3.05, 3.63) is 30.0 Å². The first-order chi connectivity index (χ1) is 8.81. The van der Waals surface area contributed by atoms with Crippen molar-refractivity contribution in [2.45, 2.75) is 31.7 Å². The standard InChI is InChI=1S/C14H16N2O2/c1-18-14(17)11-7-4-8-13-12(11)9-15-16(13)10-5-2-3-6-10/h4,7-10H,2-3,5-6H2,1H3. The van der Waals surface area contributed by atoms with Gasteiger partial charge < -0.3 is 4.74 Å². The molecule has 0 aliphatic heterocycles. The Morgan fingerprint density at radius 2 is 2.17 bits per heavy atom. The molecule has 0 bridgehead atoms. The van der Waals surface area contributed by atoms with Crippen LogP contribution in [0, 0.1) is 0 Å². The lowest BCUT2D eigenvalue weighted by atomic mass is 10.1. The predicted molar refractivity (Wildman–Crippen MR) is 68.6 cm³/mol. The zero-order chi connectivity index (χ0) is 12.5. The van der Waals surface area contributed by atoms with E-state index in [0.717, 1.165) is 10.9 Å². The van der Waals surface area contributed by atoms with Gasteiger partial charge in [0.05, 0.1) is 30.4 Å². The molecule has 18 heavy (non-hydrogen) atoms. The van der Waals surface area contributed by atoms with Gasteiger partial charge in [-0.3, -0.25) is 4.68 Å². The maximum atomic E-state index is 11.7. The molecule has 3 rings (SSSR count). The van der Waals surface area contributed by atoms with Crippen LogP contribution in [0.5, 0.6) is 0 Å². The maximum Gasteiger partial charge on any atom is 0.338 e. The van der Waals surface area contributed by atoms with Gasteiger partial charge in [0.25, 0.3) is 0 Å². The summed E-state index contributed by atoms with van der Waals surface area (Å²) in [5.41, 5.74) is 1.63. The Hall–Kier alpha value is -1.84. The van der Waals surface area contributed by atoms with Gasteiger partial charge >= 0.3 is 5.97 Å². The van der Waals surface area contributed by atoms with E-state index >= 15 is 0 Å². The molecule has 0 radical (unpaired) electrons. The fourth-order valence-corrected chi connectivity index (χ4v) is 2.80. The minimum absolute atomic E-state index is 0.299. The summed E-state index contributed by atoms with van der Waals surface area (Å²) in [6.07, 6.45) is 6.67. The summed E-state index contributed by atoms with van der Waals surface area (Å²) in [4.78, 5) is 11.7. The van der Waals surface area contributed by atoms with Crippen molar-refractivity contribution in [3.8, 4) is 0 Å². The third kappa shape index (κ3) is 1.68. The molecule has 94 valence electrons. The second kappa shape index (κ2) is 4.44. The number of benzene rings is 1. The minimum Gasteiger partial charge on any atom is -0.465 e. The molecule has 1 aliphatic rings. The zero-order valence-electron chi connectivity index (χ0n) is 10.4. The van der Waals surface area contributed by atoms with E-state index in [1.54, 1.807) is 12.3 Å². The van der Waals surface area contributed by atoms with Crippen LogP contribution in [-0.4, -0.2) is 22.9 Å². The van der Waals surface area contributed by atoms with Crippen LogP contribution in [0.2, 0.25) is 0 Å². The Bertz CT molecular complexity index is 582. The van der Waals surface area contributed by atoms with E-state index in [2.05, 4.69) is 9.78 Å². The number of nitrogens with zero attached hydrogens (tertiary/aromatic N) is 2. The number of methoxy groups -OCH3 is 1. The van der Waals surface area contributed by atoms with Crippen molar-refractivity contribution in [2.75, 3.05) is 7.11 Å². The van der Waals surface area contributed by atoms with E-state index < -0.39 is 0 Å². The van der Waals surface area contributed by atoms with Crippen molar-refractivity contribution < 1.29 is 9.53 Å². The van der Waals surface area contributed by atoms with Crippen molar-refractivity contribution in [1.82, 2.24) is 9.78 Å². The summed E-state index contributed by atoms with van der Waals surface area (Å²) in [5.74, 6) is -0.299. The van der Waals surface area contributed by atoms with Gasteiger partial charge in [0.15, 0.2) is 0 Å². The molecule has 1 aromatic heterocycles. The fraction of sp³-hybridized carbons (Fsp3) is 0.429. The van der Waals surface area contributed by atoms with Gasteiger partial charge in [0, 0.05) is 5.39 Å². The predicted octanol–water partition coefficient (Wildman–Crippen LogP) is 2.94. The van der Waals surface area contributed by atoms with Crippen LogP contribution >= 0.6 is 0 Å². The largest absolute Gasteiger partial charge is 0.465 e. The van der Waals surface area contributed by atoms with Crippen LogP contribution in [0.3, 0.4) is 0 Å². The van der Waals surface area contributed by atoms with Crippen molar-refractivity contribution >= 4 is 16.9 Å². The topological polar surface area (TPSA) is 44.1 Å². The van der Waals surface area contributed by atoms with Crippen molar-refractivity contribution in [3.63, 3.8) is 0 Å². The minimum atomic E-state index is -0.299. The molecule has 1 fully saturated rings. The van der Waals surface area contributed by atoms with E-state index in [0.29, 0.717) is 11.6 Å². The second-order valence-corrected chi connectivity index (χ2v) is 4.76. The van der Waals surface area contributed by atoms with Crippen molar-refractivity contribution in [1.29, 1.82) is 0 Å². The fourth-order valence-electron chi connectivity index (χ4n) is 2.80. The van der Waals surface area contributed by atoms with Gasteiger partial charge in [-0.2, -0.15) is 5.10 Å². The SMILES string of the molecule is COC(=O)c1cccc2c1cnn2C1CCCC1. The van der Waals surface area contributed by atoms with Crippen LogP contribution < -0.4 is 0 Å². The van der Waals surface area contributed by atoms with Gasteiger partial charge in [-0.05, 0) is 25.0 Å². The zero-order valence-corrected chi connectivity index (χ0v) is 10.4. The van der Waals surface area contributed by atoms with E-state index in [1.807, 2.05) is 12.1 Å². The van der Waals surface area contributed by atoms with Gasteiger partial charge in [0.1, 0.15) is 0 Å². The Balaban J connectivity index is 2.11. The summed E-state index contributed by atoms with van der Waals surface area (Å²) in [7, 11) is 1.41. The Labute approximate surface area is 106 Å². The number of carbonyl (C=O) groups is 1. The third-order valence-electron chi connectivity index (χ3n) is 3.72. The number of ether oxygens (including phenoxy) is 1. The number of carbonyl (C=O) groups excluding carboxylic acids is 1. The third-order valence-corrected chi connectivity index (χ3v) is 3.72. The molecule has 2 aromatic rings. The first kappa shape index (κ1) is 11.3. The van der Waals surface area contributed by atoms with Crippen LogP contribution in [0.4, 0.5) is 0 Å². The maximum absolute atomic E-state index is 11.7. The lowest BCUT2D eigenvalue weighted by molar-refractivity contribution is 0.0603. The van der Waals surface area contributed by atoms with Gasteiger partial charge in [0.2, 0.25) is 0 Å². The van der Waals surface area contributed by atoms with Gasteiger partial charge in [-0.25, -0.2) is 4.79 Å². The average molecular weight is 244 g/mol. The lowest BCUT2D eigenvalue weighted by Gasteiger charge is -2.11. The van der Waals surface area contributed by atoms with E-state index in [4.69, 9.17) is 4.74 Å². The molecule has 1 aromatic carbocycles. The molecule has 0 unspecified atom stereocenters. The lowest BCUT2D eigenvalue weighted by Crippen LogP contribution is -2.06. The molecular formula is C14H16N2O2. The molecule has 0 N–H and O–H groups in total. The van der Waals surface area contributed by atoms with Gasteiger partial charge in [-0.1, -0.05) is 18.9 Å². The summed E-state index contributed by atoms with van der Waals surface area (Å²) >= 11 is 0. The molecule has 4 heteroatoms. The number of rotatable bonds is 2. The Kier molecular flexibility index (Phi) is 2.78. The summed E-state index contributed by atoms with van der Waals surface area (Å²) in [6, 6.07) is 6.18. The molecule has 0 amide bonds. The molecule has 0 spiro atoms. The highest BCUT2D eigenvalue weighted by Crippen LogP contribution is 2.32. The Morgan fingerprint density at radius 3 is 2.89 bits per heavy atom. The number of esters is 1. The number of hydrogen-bond donors (Lipinski definition) is 0. The first-order valence-electron chi connectivity index (χ1n) is 6.36. The van der Waals surface area contributed by atoms with Crippen LogP contribution in [0.1, 0.15) is 42.1 Å². The highest BCUT2D eigenvalue weighted by molar-refractivity contribution is 6.03. The van der Waals surface area contributed by atoms with E-state index in [9.17, 15) is 4.79 Å². The quantitative estimate of drug-likeness (QED) is 0.763. The molecule has 0 atom stereocenters. The highest BCUT2D eigenvalue weighted by Gasteiger charge is 2.21. The number of hydrogen-bond acceptors (Lipinski definition) is 3. The molecule has 1 heterocycles. The molecule has 1 aliphatic carbocycles. The van der Waals surface area contributed by atoms with E-state index in [-0.39, 0.29) is 5.97 Å². The van der Waals surface area contributed by atoms with Crippen LogP contribution in [-0.2, 0) is 4.74 Å². The van der Waals surface area contributed by atoms with Crippen LogP contribution in [0.15, 0.2) is 24.4 Å². The molecule has 4 nitrogen and oxygen atoms in total. The first-order valence-corrected chi connectivity index (χ1v) is 6.36. The van der Waals surface area contributed by atoms with Gasteiger partial charge in [-0.15, -0.1) is 0 Å². The smallest absolute Gasteiger partial charge is 0.338 e. The monoisotopic (exact) mass is 244 g/mol. The Morgan fingerprint density at radius 1 is 1.39 bits per heavy atom. The number of fused-ring (bicyclic) bond motifs is 1.